The molecule has 0 bridgehead atoms. The average Bonchev–Trinajstić information content (AvgIpc) is 2.84. The predicted molar refractivity (Wildman–Crippen MR) is 90.0 cm³/mol. The third-order valence-electron chi connectivity index (χ3n) is 2.96. The van der Waals surface area contributed by atoms with Crippen LogP contribution in [0.4, 0.5) is 0 Å². The summed E-state index contributed by atoms with van der Waals surface area (Å²) < 4.78 is 32.4. The molecule has 0 radical (unpaired) electrons. The van der Waals surface area contributed by atoms with Gasteiger partial charge >= 0.3 is 5.97 Å². The molecule has 2 aromatic rings. The van der Waals surface area contributed by atoms with Crippen molar-refractivity contribution in [1.29, 1.82) is 0 Å². The predicted octanol–water partition coefficient (Wildman–Crippen LogP) is 2.52. The molecule has 2 heterocycles. The number of nitrogens with one attached hydrogen (secondary N) is 1. The van der Waals surface area contributed by atoms with Crippen LogP contribution in [0.5, 0.6) is 11.5 Å². The molecule has 3 N–H and O–H groups in total. The lowest BCUT2D eigenvalue weighted by Crippen LogP contribution is -2.18. The van der Waals surface area contributed by atoms with Crippen LogP contribution in [-0.4, -0.2) is 31.4 Å². The number of nitrogens with zero attached hydrogens (tertiary/aromatic N) is 1. The lowest BCUT2D eigenvalue weighted by Gasteiger charge is -2.08. The second-order valence-corrected chi connectivity index (χ2v) is 6.59. The highest BCUT2D eigenvalue weighted by atomic mass is 79.9. The number of esters is 1. The van der Waals surface area contributed by atoms with Gasteiger partial charge in [0.25, 0.3) is 0 Å². The molecule has 130 valence electrons. The van der Waals surface area contributed by atoms with E-state index in [1.165, 1.54) is 19.3 Å². The zero-order valence-electron chi connectivity index (χ0n) is 12.6. The fraction of sp³-hybridized carbons (Fsp3) is 0.286. The van der Waals surface area contributed by atoms with Gasteiger partial charge in [0.1, 0.15) is 0 Å². The Balaban J connectivity index is 2.34. The van der Waals surface area contributed by atoms with Crippen LogP contribution in [0.1, 0.15) is 23.9 Å². The molecular formula is C14H15BrN2O6S. The van der Waals surface area contributed by atoms with Crippen molar-refractivity contribution in [3.63, 3.8) is 0 Å². The highest BCUT2D eigenvalue weighted by molar-refractivity contribution is 9.09. The SMILES string of the molecule is CC(=O)Oc1c(C(Br)CCNS(=O)O)oc(-c2ccncc2)c1O. The summed E-state index contributed by atoms with van der Waals surface area (Å²) in [6.07, 6.45) is 3.42. The van der Waals surface area contributed by atoms with Crippen molar-refractivity contribution in [2.45, 2.75) is 18.2 Å². The third kappa shape index (κ3) is 4.63. The molecule has 0 aliphatic rings. The largest absolute Gasteiger partial charge is 0.502 e. The summed E-state index contributed by atoms with van der Waals surface area (Å²) >= 11 is 1.24. The lowest BCUT2D eigenvalue weighted by molar-refractivity contribution is -0.132. The van der Waals surface area contributed by atoms with Gasteiger partial charge in [-0.2, -0.15) is 0 Å². The highest BCUT2D eigenvalue weighted by Gasteiger charge is 2.28. The maximum Gasteiger partial charge on any atom is 0.308 e. The van der Waals surface area contributed by atoms with E-state index in [-0.39, 0.29) is 29.6 Å². The maximum atomic E-state index is 11.3. The zero-order valence-corrected chi connectivity index (χ0v) is 15.0. The Morgan fingerprint density at radius 2 is 2.17 bits per heavy atom. The number of aromatic hydroxyl groups is 1. The van der Waals surface area contributed by atoms with Crippen LogP contribution >= 0.6 is 15.9 Å². The van der Waals surface area contributed by atoms with Gasteiger partial charge in [-0.05, 0) is 18.6 Å². The van der Waals surface area contributed by atoms with Gasteiger partial charge < -0.3 is 14.3 Å². The van der Waals surface area contributed by atoms with E-state index < -0.39 is 22.1 Å². The van der Waals surface area contributed by atoms with Crippen molar-refractivity contribution in [1.82, 2.24) is 9.71 Å². The Hall–Kier alpha value is -1.75. The molecule has 2 rings (SSSR count). The number of furan rings is 1. The topological polar surface area (TPSA) is 122 Å². The summed E-state index contributed by atoms with van der Waals surface area (Å²) in [5.41, 5.74) is 0.566. The van der Waals surface area contributed by atoms with Crippen molar-refractivity contribution >= 4 is 33.2 Å². The first-order valence-electron chi connectivity index (χ1n) is 6.83. The van der Waals surface area contributed by atoms with E-state index in [2.05, 4.69) is 25.6 Å². The third-order valence-corrected chi connectivity index (χ3v) is 4.29. The van der Waals surface area contributed by atoms with E-state index in [9.17, 15) is 14.1 Å². The smallest absolute Gasteiger partial charge is 0.308 e. The van der Waals surface area contributed by atoms with Gasteiger partial charge in [-0.15, -0.1) is 0 Å². The normalized spacial score (nSPS) is 13.5. The summed E-state index contributed by atoms with van der Waals surface area (Å²) in [6.45, 7) is 1.41. The van der Waals surface area contributed by atoms with Crippen LogP contribution in [-0.2, 0) is 16.1 Å². The molecule has 0 aromatic carbocycles. The van der Waals surface area contributed by atoms with Gasteiger partial charge in [-0.25, -0.2) is 8.93 Å². The van der Waals surface area contributed by atoms with Crippen LogP contribution in [0, 0.1) is 0 Å². The minimum Gasteiger partial charge on any atom is -0.502 e. The fourth-order valence-electron chi connectivity index (χ4n) is 1.98. The summed E-state index contributed by atoms with van der Waals surface area (Å²) in [5.74, 6) is -0.634. The number of pyridine rings is 1. The minimum atomic E-state index is -2.12. The van der Waals surface area contributed by atoms with Crippen molar-refractivity contribution in [3.8, 4) is 22.8 Å². The number of hydrogen-bond donors (Lipinski definition) is 3. The van der Waals surface area contributed by atoms with Gasteiger partial charge in [-0.3, -0.25) is 14.3 Å². The Kier molecular flexibility index (Phi) is 6.49. The lowest BCUT2D eigenvalue weighted by atomic mass is 10.2. The second kappa shape index (κ2) is 8.38. The summed E-state index contributed by atoms with van der Waals surface area (Å²) in [7, 11) is 0. The van der Waals surface area contributed by atoms with Crippen LogP contribution in [0.3, 0.4) is 0 Å². The summed E-state index contributed by atoms with van der Waals surface area (Å²) in [6, 6.07) is 3.28. The standard InChI is InChI=1S/C14H15BrN2O6S/c1-8(18)22-14-11(19)12(9-2-5-16-6-3-9)23-13(14)10(15)4-7-17-24(20)21/h2-3,5-6,10,17,19H,4,7H2,1H3,(H,20,21). The Morgan fingerprint density at radius 1 is 1.50 bits per heavy atom. The molecule has 0 aliphatic heterocycles. The first kappa shape index (κ1) is 18.6. The van der Waals surface area contributed by atoms with Crippen LogP contribution < -0.4 is 9.46 Å². The van der Waals surface area contributed by atoms with Gasteiger partial charge in [0.2, 0.25) is 22.8 Å². The van der Waals surface area contributed by atoms with E-state index in [1.807, 2.05) is 0 Å². The number of ether oxygens (including phenoxy) is 1. The van der Waals surface area contributed by atoms with Crippen molar-refractivity contribution in [2.24, 2.45) is 0 Å². The highest BCUT2D eigenvalue weighted by Crippen LogP contribution is 2.47. The molecule has 2 atom stereocenters. The second-order valence-electron chi connectivity index (χ2n) is 4.70. The van der Waals surface area contributed by atoms with Crippen LogP contribution in [0.15, 0.2) is 28.9 Å². The summed E-state index contributed by atoms with van der Waals surface area (Å²) in [5, 5.41) is 10.4. The van der Waals surface area contributed by atoms with Crippen LogP contribution in [0.2, 0.25) is 0 Å². The van der Waals surface area contributed by atoms with E-state index >= 15 is 0 Å². The molecule has 24 heavy (non-hydrogen) atoms. The van der Waals surface area contributed by atoms with Crippen LogP contribution in [0.25, 0.3) is 11.3 Å². The molecule has 0 spiro atoms. The average molecular weight is 419 g/mol. The fourth-order valence-corrected chi connectivity index (χ4v) is 2.80. The zero-order chi connectivity index (χ0) is 17.7. The first-order valence-corrected chi connectivity index (χ1v) is 8.85. The molecule has 0 amide bonds. The van der Waals surface area contributed by atoms with Gasteiger partial charge in [-0.1, -0.05) is 15.9 Å². The number of rotatable bonds is 7. The molecule has 0 aliphatic carbocycles. The van der Waals surface area contributed by atoms with E-state index in [0.29, 0.717) is 12.0 Å². The molecule has 0 fully saturated rings. The quantitative estimate of drug-likeness (QED) is 0.358. The number of alkyl halides is 1. The monoisotopic (exact) mass is 418 g/mol. The number of carbonyl (C=O) groups is 1. The van der Waals surface area contributed by atoms with Crippen molar-refractivity contribution in [3.05, 3.63) is 30.3 Å². The number of aromatic nitrogens is 1. The van der Waals surface area contributed by atoms with Gasteiger partial charge in [0, 0.05) is 31.4 Å². The molecular weight excluding hydrogens is 404 g/mol. The molecule has 0 saturated carbocycles. The Labute approximate surface area is 148 Å². The molecule has 8 nitrogen and oxygen atoms in total. The van der Waals surface area contributed by atoms with Gasteiger partial charge in [0.05, 0.1) is 4.83 Å². The van der Waals surface area contributed by atoms with Crippen molar-refractivity contribution in [2.75, 3.05) is 6.54 Å². The Morgan fingerprint density at radius 3 is 2.75 bits per heavy atom. The van der Waals surface area contributed by atoms with E-state index in [1.54, 1.807) is 12.1 Å². The number of halogens is 1. The van der Waals surface area contributed by atoms with Gasteiger partial charge in [0.15, 0.2) is 11.5 Å². The van der Waals surface area contributed by atoms with E-state index in [0.717, 1.165) is 0 Å². The van der Waals surface area contributed by atoms with E-state index in [4.69, 9.17) is 13.7 Å². The molecule has 0 saturated heterocycles. The Bertz CT molecular complexity index is 736. The molecule has 2 aromatic heterocycles. The number of carbonyl (C=O) groups excluding carboxylic acids is 1. The van der Waals surface area contributed by atoms with Crippen molar-refractivity contribution < 1.29 is 27.8 Å². The minimum absolute atomic E-state index is 0.0821. The summed E-state index contributed by atoms with van der Waals surface area (Å²) in [4.78, 5) is 14.7. The first-order chi connectivity index (χ1) is 11.4. The molecule has 10 heteroatoms. The number of hydrogen-bond acceptors (Lipinski definition) is 6. The maximum absolute atomic E-state index is 11.3. The molecule has 2 unspecified atom stereocenters.